The molecule has 0 aliphatic heterocycles. The van der Waals surface area contributed by atoms with Crippen molar-refractivity contribution < 1.29 is 26.4 Å². The van der Waals surface area contributed by atoms with Gasteiger partial charge in [-0.3, -0.25) is 4.79 Å². The van der Waals surface area contributed by atoms with E-state index in [2.05, 4.69) is 0 Å². The first-order valence-electron chi connectivity index (χ1n) is 6.72. The average Bonchev–Trinajstić information content (AvgIpc) is 2.55. The van der Waals surface area contributed by atoms with Crippen LogP contribution in [0, 0.1) is 17.5 Å². The Morgan fingerprint density at radius 3 is 2.32 bits per heavy atom. The van der Waals surface area contributed by atoms with Crippen LogP contribution in [-0.4, -0.2) is 32.7 Å². The van der Waals surface area contributed by atoms with Crippen molar-refractivity contribution in [3.63, 3.8) is 0 Å². The number of nitrogens with zero attached hydrogens (tertiary/aromatic N) is 1. The van der Waals surface area contributed by atoms with Crippen LogP contribution in [0.4, 0.5) is 18.9 Å². The highest BCUT2D eigenvalue weighted by Gasteiger charge is 2.23. The summed E-state index contributed by atoms with van der Waals surface area (Å²) in [6, 6.07) is 4.90. The molecule has 1 N–H and O–H groups in total. The maximum absolute atomic E-state index is 13.6. The van der Waals surface area contributed by atoms with Gasteiger partial charge in [-0.05, 0) is 30.3 Å². The zero-order chi connectivity index (χ0) is 18.9. The van der Waals surface area contributed by atoms with E-state index in [9.17, 15) is 26.4 Å². The quantitative estimate of drug-likeness (QED) is 0.812. The molecule has 0 saturated carbocycles. The maximum Gasteiger partial charge on any atom is 0.255 e. The predicted molar refractivity (Wildman–Crippen MR) is 86.6 cm³/mol. The number of carbonyl (C=O) groups excluding carboxylic acids is 1. The van der Waals surface area contributed by atoms with Crippen molar-refractivity contribution in [2.75, 3.05) is 19.4 Å². The van der Waals surface area contributed by atoms with Gasteiger partial charge in [0.25, 0.3) is 5.91 Å². The second kappa shape index (κ2) is 7.03. The van der Waals surface area contributed by atoms with Crippen LogP contribution < -0.4 is 5.32 Å². The zero-order valence-corrected chi connectivity index (χ0v) is 14.6. The number of carbonyl (C=O) groups is 1. The predicted octanol–water partition coefficient (Wildman–Crippen LogP) is 3.26. The van der Waals surface area contributed by atoms with Crippen LogP contribution in [0.15, 0.2) is 35.2 Å². The molecular formula is C15H12ClF3N2O3S. The Hall–Kier alpha value is -2.10. The van der Waals surface area contributed by atoms with Gasteiger partial charge in [0, 0.05) is 19.7 Å². The Labute approximate surface area is 147 Å². The molecule has 2 aromatic rings. The lowest BCUT2D eigenvalue weighted by molar-refractivity contribution is 0.102. The van der Waals surface area contributed by atoms with Gasteiger partial charge in [0.2, 0.25) is 10.0 Å². The Morgan fingerprint density at radius 1 is 1.08 bits per heavy atom. The normalized spacial score (nSPS) is 11.6. The molecule has 0 radical (unpaired) electrons. The molecule has 0 saturated heterocycles. The van der Waals surface area contributed by atoms with Crippen molar-refractivity contribution >= 4 is 33.2 Å². The number of rotatable bonds is 4. The summed E-state index contributed by atoms with van der Waals surface area (Å²) in [5, 5.41) is 1.94. The van der Waals surface area contributed by atoms with E-state index in [0.717, 1.165) is 16.4 Å². The summed E-state index contributed by atoms with van der Waals surface area (Å²) in [4.78, 5) is 11.9. The molecule has 1 amide bonds. The molecule has 0 aliphatic carbocycles. The molecule has 0 atom stereocenters. The molecule has 10 heteroatoms. The van der Waals surface area contributed by atoms with Crippen molar-refractivity contribution in [2.24, 2.45) is 0 Å². The Balaban J connectivity index is 2.40. The molecule has 0 aromatic heterocycles. The molecule has 2 rings (SSSR count). The highest BCUT2D eigenvalue weighted by atomic mass is 35.5. The Bertz CT molecular complexity index is 949. The highest BCUT2D eigenvalue weighted by Crippen LogP contribution is 2.26. The smallest absolute Gasteiger partial charge is 0.255 e. The van der Waals surface area contributed by atoms with E-state index in [4.69, 9.17) is 11.6 Å². The first-order valence-corrected chi connectivity index (χ1v) is 8.54. The van der Waals surface area contributed by atoms with Gasteiger partial charge in [0.1, 0.15) is 4.90 Å². The number of sulfonamides is 1. The van der Waals surface area contributed by atoms with E-state index in [1.54, 1.807) is 0 Å². The molecule has 0 unspecified atom stereocenters. The van der Waals surface area contributed by atoms with Crippen molar-refractivity contribution in [3.05, 3.63) is 58.4 Å². The van der Waals surface area contributed by atoms with Gasteiger partial charge in [-0.25, -0.2) is 25.9 Å². The van der Waals surface area contributed by atoms with Gasteiger partial charge >= 0.3 is 0 Å². The van der Waals surface area contributed by atoms with Gasteiger partial charge in [-0.2, -0.15) is 0 Å². The summed E-state index contributed by atoms with van der Waals surface area (Å²) in [6.07, 6.45) is 0. The van der Waals surface area contributed by atoms with Gasteiger partial charge < -0.3 is 5.32 Å². The van der Waals surface area contributed by atoms with Crippen molar-refractivity contribution in [3.8, 4) is 0 Å². The minimum absolute atomic E-state index is 0.107. The molecule has 25 heavy (non-hydrogen) atoms. The van der Waals surface area contributed by atoms with E-state index < -0.39 is 39.1 Å². The molecule has 0 aliphatic rings. The van der Waals surface area contributed by atoms with Crippen LogP contribution in [0.25, 0.3) is 0 Å². The number of hydrogen-bond acceptors (Lipinski definition) is 3. The number of benzene rings is 2. The van der Waals surface area contributed by atoms with Crippen LogP contribution >= 0.6 is 11.6 Å². The van der Waals surface area contributed by atoms with E-state index in [1.165, 1.54) is 26.2 Å². The van der Waals surface area contributed by atoms with Crippen LogP contribution in [-0.2, 0) is 10.0 Å². The third-order valence-electron chi connectivity index (χ3n) is 3.24. The molecule has 0 spiro atoms. The Morgan fingerprint density at radius 2 is 1.72 bits per heavy atom. The standard InChI is InChI=1S/C15H12ClF3N2O3S/c1-21(2)25(23,24)12-7-8(3-4-9(12)16)15(22)20-11-6-5-10(17)13(18)14(11)19/h3-7H,1-2H3,(H,20,22). The number of halogens is 4. The molecule has 0 bridgehead atoms. The number of anilines is 1. The number of amides is 1. The summed E-state index contributed by atoms with van der Waals surface area (Å²) in [5.74, 6) is -5.62. The molecule has 0 fully saturated rings. The van der Waals surface area contributed by atoms with Crippen LogP contribution in [0.1, 0.15) is 10.4 Å². The lowest BCUT2D eigenvalue weighted by atomic mass is 10.2. The van der Waals surface area contributed by atoms with E-state index in [-0.39, 0.29) is 15.5 Å². The molecular weight excluding hydrogens is 381 g/mol. The minimum Gasteiger partial charge on any atom is -0.319 e. The van der Waals surface area contributed by atoms with Gasteiger partial charge in [0.05, 0.1) is 10.7 Å². The molecule has 5 nitrogen and oxygen atoms in total. The van der Waals surface area contributed by atoms with E-state index in [0.29, 0.717) is 6.07 Å². The summed E-state index contributed by atoms with van der Waals surface area (Å²) in [6.45, 7) is 0. The largest absolute Gasteiger partial charge is 0.319 e. The summed E-state index contributed by atoms with van der Waals surface area (Å²) >= 11 is 5.86. The fourth-order valence-electron chi connectivity index (χ4n) is 1.86. The van der Waals surface area contributed by atoms with E-state index >= 15 is 0 Å². The molecule has 2 aromatic carbocycles. The summed E-state index contributed by atoms with van der Waals surface area (Å²) in [5.41, 5.74) is -0.746. The monoisotopic (exact) mass is 392 g/mol. The molecule has 134 valence electrons. The van der Waals surface area contributed by atoms with Crippen LogP contribution in [0.5, 0.6) is 0 Å². The van der Waals surface area contributed by atoms with Gasteiger partial charge in [-0.15, -0.1) is 0 Å². The fourth-order valence-corrected chi connectivity index (χ4v) is 3.25. The van der Waals surface area contributed by atoms with Crippen LogP contribution in [0.3, 0.4) is 0 Å². The maximum atomic E-state index is 13.6. The second-order valence-electron chi connectivity index (χ2n) is 5.11. The zero-order valence-electron chi connectivity index (χ0n) is 13.0. The Kier molecular flexibility index (Phi) is 5.40. The van der Waals surface area contributed by atoms with Crippen molar-refractivity contribution in [1.82, 2.24) is 4.31 Å². The average molecular weight is 393 g/mol. The second-order valence-corrected chi connectivity index (χ2v) is 7.64. The van der Waals surface area contributed by atoms with E-state index in [1.807, 2.05) is 5.32 Å². The highest BCUT2D eigenvalue weighted by molar-refractivity contribution is 7.89. The first kappa shape index (κ1) is 19.2. The molecule has 0 heterocycles. The number of nitrogens with one attached hydrogen (secondary N) is 1. The topological polar surface area (TPSA) is 66.5 Å². The minimum atomic E-state index is -3.92. The van der Waals surface area contributed by atoms with Crippen molar-refractivity contribution in [2.45, 2.75) is 4.90 Å². The van der Waals surface area contributed by atoms with Crippen LogP contribution in [0.2, 0.25) is 5.02 Å². The number of hydrogen-bond donors (Lipinski definition) is 1. The SMILES string of the molecule is CN(C)S(=O)(=O)c1cc(C(=O)Nc2ccc(F)c(F)c2F)ccc1Cl. The lowest BCUT2D eigenvalue weighted by Gasteiger charge is -2.14. The lowest BCUT2D eigenvalue weighted by Crippen LogP contribution is -2.23. The summed E-state index contributed by atoms with van der Waals surface area (Å²) < 4.78 is 65.0. The van der Waals surface area contributed by atoms with Crippen molar-refractivity contribution in [1.29, 1.82) is 0 Å². The first-order chi connectivity index (χ1) is 11.6. The third-order valence-corrected chi connectivity index (χ3v) is 5.53. The summed E-state index contributed by atoms with van der Waals surface area (Å²) in [7, 11) is -1.35. The van der Waals surface area contributed by atoms with Gasteiger partial charge in [-0.1, -0.05) is 11.6 Å². The van der Waals surface area contributed by atoms with Gasteiger partial charge in [0.15, 0.2) is 17.5 Å². The fraction of sp³-hybridized carbons (Fsp3) is 0.133. The third kappa shape index (κ3) is 3.78.